The molecule has 0 saturated heterocycles. The Morgan fingerprint density at radius 2 is 1.63 bits per heavy atom. The Bertz CT molecular complexity index is 390. The molecular formula is C16H26ClNO. The number of benzene rings is 1. The summed E-state index contributed by atoms with van der Waals surface area (Å²) >= 11 is 0. The van der Waals surface area contributed by atoms with E-state index in [-0.39, 0.29) is 18.4 Å². The van der Waals surface area contributed by atoms with E-state index in [1.165, 1.54) is 48.8 Å². The molecule has 1 aliphatic rings. The normalized spacial score (nSPS) is 17.7. The molecule has 0 unspecified atom stereocenters. The number of aryl methyl sites for hydroxylation is 2. The highest BCUT2D eigenvalue weighted by molar-refractivity contribution is 5.85. The van der Waals surface area contributed by atoms with Gasteiger partial charge in [0.15, 0.2) is 0 Å². The molecule has 108 valence electrons. The van der Waals surface area contributed by atoms with Gasteiger partial charge in [-0.2, -0.15) is 0 Å². The number of halogens is 1. The first-order valence-corrected chi connectivity index (χ1v) is 7.04. The van der Waals surface area contributed by atoms with Gasteiger partial charge in [0.1, 0.15) is 5.75 Å². The van der Waals surface area contributed by atoms with Crippen molar-refractivity contribution in [3.63, 3.8) is 0 Å². The van der Waals surface area contributed by atoms with Gasteiger partial charge in [-0.3, -0.25) is 0 Å². The highest BCUT2D eigenvalue weighted by Gasteiger charge is 2.22. The van der Waals surface area contributed by atoms with Gasteiger partial charge >= 0.3 is 0 Å². The van der Waals surface area contributed by atoms with Gasteiger partial charge in [0.2, 0.25) is 0 Å². The minimum atomic E-state index is 0. The van der Waals surface area contributed by atoms with Crippen molar-refractivity contribution >= 4 is 12.4 Å². The van der Waals surface area contributed by atoms with Crippen LogP contribution < -0.4 is 10.5 Å². The van der Waals surface area contributed by atoms with Crippen LogP contribution in [0, 0.1) is 19.8 Å². The monoisotopic (exact) mass is 283 g/mol. The van der Waals surface area contributed by atoms with Gasteiger partial charge in [-0.05, 0) is 49.3 Å². The van der Waals surface area contributed by atoms with Gasteiger partial charge in [0, 0.05) is 6.04 Å². The van der Waals surface area contributed by atoms with E-state index < -0.39 is 0 Å². The molecule has 0 aromatic heterocycles. The molecule has 0 aliphatic heterocycles. The van der Waals surface area contributed by atoms with Crippen molar-refractivity contribution in [3.8, 4) is 5.75 Å². The fourth-order valence-corrected chi connectivity index (χ4v) is 3.26. The first kappa shape index (κ1) is 16.3. The van der Waals surface area contributed by atoms with Crippen LogP contribution in [-0.2, 0) is 0 Å². The fraction of sp³-hybridized carbons (Fsp3) is 0.625. The molecule has 19 heavy (non-hydrogen) atoms. The Morgan fingerprint density at radius 3 is 2.11 bits per heavy atom. The van der Waals surface area contributed by atoms with Crippen LogP contribution in [-0.4, -0.2) is 7.11 Å². The van der Waals surface area contributed by atoms with E-state index in [9.17, 15) is 0 Å². The van der Waals surface area contributed by atoms with Crippen LogP contribution in [0.5, 0.6) is 5.75 Å². The second kappa shape index (κ2) is 7.16. The third-order valence-electron chi connectivity index (χ3n) is 4.23. The zero-order valence-electron chi connectivity index (χ0n) is 12.2. The van der Waals surface area contributed by atoms with Crippen molar-refractivity contribution in [1.82, 2.24) is 0 Å². The molecule has 1 aromatic carbocycles. The van der Waals surface area contributed by atoms with Gasteiger partial charge in [0.25, 0.3) is 0 Å². The molecular weight excluding hydrogens is 258 g/mol. The summed E-state index contributed by atoms with van der Waals surface area (Å²) in [5, 5.41) is 0. The molecule has 0 amide bonds. The second-order valence-corrected chi connectivity index (χ2v) is 5.61. The van der Waals surface area contributed by atoms with Crippen LogP contribution in [0.25, 0.3) is 0 Å². The predicted octanol–water partition coefficient (Wildman–Crippen LogP) is 4.31. The Balaban J connectivity index is 0.00000180. The lowest BCUT2D eigenvalue weighted by Crippen LogP contribution is -2.23. The van der Waals surface area contributed by atoms with Crippen molar-refractivity contribution in [3.05, 3.63) is 28.8 Å². The molecule has 0 spiro atoms. The van der Waals surface area contributed by atoms with Gasteiger partial charge in [-0.15, -0.1) is 12.4 Å². The van der Waals surface area contributed by atoms with Gasteiger partial charge in [-0.25, -0.2) is 0 Å². The van der Waals surface area contributed by atoms with Crippen LogP contribution in [0.3, 0.4) is 0 Å². The predicted molar refractivity (Wildman–Crippen MR) is 83.2 cm³/mol. The summed E-state index contributed by atoms with van der Waals surface area (Å²) in [4.78, 5) is 0. The Morgan fingerprint density at radius 1 is 1.11 bits per heavy atom. The Labute approximate surface area is 123 Å². The second-order valence-electron chi connectivity index (χ2n) is 5.61. The molecule has 1 aromatic rings. The molecule has 1 atom stereocenters. The molecule has 0 heterocycles. The summed E-state index contributed by atoms with van der Waals surface area (Å²) in [7, 11) is 1.73. The summed E-state index contributed by atoms with van der Waals surface area (Å²) in [6.45, 7) is 4.20. The van der Waals surface area contributed by atoms with Crippen molar-refractivity contribution < 1.29 is 4.74 Å². The lowest BCUT2D eigenvalue weighted by molar-refractivity contribution is 0.308. The fourth-order valence-electron chi connectivity index (χ4n) is 3.26. The van der Waals surface area contributed by atoms with Gasteiger partial charge in [0.05, 0.1) is 7.11 Å². The van der Waals surface area contributed by atoms with Crippen LogP contribution >= 0.6 is 12.4 Å². The SMILES string of the molecule is COc1c(C)cc([C@@H](N)C2CCCCC2)cc1C.Cl. The zero-order chi connectivity index (χ0) is 13.1. The first-order valence-electron chi connectivity index (χ1n) is 7.04. The quantitative estimate of drug-likeness (QED) is 0.897. The maximum atomic E-state index is 6.46. The summed E-state index contributed by atoms with van der Waals surface area (Å²) in [5.41, 5.74) is 10.1. The van der Waals surface area contributed by atoms with E-state index in [2.05, 4.69) is 26.0 Å². The van der Waals surface area contributed by atoms with Gasteiger partial charge in [-0.1, -0.05) is 31.4 Å². The van der Waals surface area contributed by atoms with Gasteiger partial charge < -0.3 is 10.5 Å². The van der Waals surface area contributed by atoms with Crippen molar-refractivity contribution in [2.75, 3.05) is 7.11 Å². The molecule has 2 N–H and O–H groups in total. The molecule has 1 aliphatic carbocycles. The molecule has 3 heteroatoms. The number of hydrogen-bond donors (Lipinski definition) is 1. The first-order chi connectivity index (χ1) is 8.63. The number of ether oxygens (including phenoxy) is 1. The highest BCUT2D eigenvalue weighted by atomic mass is 35.5. The minimum Gasteiger partial charge on any atom is -0.496 e. The molecule has 1 saturated carbocycles. The van der Waals surface area contributed by atoms with E-state index in [0.29, 0.717) is 5.92 Å². The maximum absolute atomic E-state index is 6.46. The van der Waals surface area contributed by atoms with E-state index >= 15 is 0 Å². The average molecular weight is 284 g/mol. The molecule has 2 rings (SSSR count). The summed E-state index contributed by atoms with van der Waals surface area (Å²) in [5.74, 6) is 1.65. The van der Waals surface area contributed by atoms with E-state index in [0.717, 1.165) is 5.75 Å². The van der Waals surface area contributed by atoms with Crippen LogP contribution in [0.2, 0.25) is 0 Å². The molecule has 0 bridgehead atoms. The van der Waals surface area contributed by atoms with E-state index in [1.807, 2.05) is 0 Å². The maximum Gasteiger partial charge on any atom is 0.124 e. The summed E-state index contributed by atoms with van der Waals surface area (Å²) in [6.07, 6.45) is 6.62. The number of methoxy groups -OCH3 is 1. The van der Waals surface area contributed by atoms with Crippen LogP contribution in [0.1, 0.15) is 54.8 Å². The van der Waals surface area contributed by atoms with Crippen molar-refractivity contribution in [1.29, 1.82) is 0 Å². The van der Waals surface area contributed by atoms with E-state index in [4.69, 9.17) is 10.5 Å². The van der Waals surface area contributed by atoms with Crippen molar-refractivity contribution in [2.24, 2.45) is 11.7 Å². The minimum absolute atomic E-state index is 0. The topological polar surface area (TPSA) is 35.2 Å². The summed E-state index contributed by atoms with van der Waals surface area (Å²) < 4.78 is 5.42. The lowest BCUT2D eigenvalue weighted by atomic mass is 9.81. The number of hydrogen-bond acceptors (Lipinski definition) is 2. The zero-order valence-corrected chi connectivity index (χ0v) is 13.1. The molecule has 0 radical (unpaired) electrons. The Hall–Kier alpha value is -0.730. The number of rotatable bonds is 3. The highest BCUT2D eigenvalue weighted by Crippen LogP contribution is 2.35. The van der Waals surface area contributed by atoms with Crippen molar-refractivity contribution in [2.45, 2.75) is 52.0 Å². The number of nitrogens with two attached hydrogens (primary N) is 1. The molecule has 2 nitrogen and oxygen atoms in total. The smallest absolute Gasteiger partial charge is 0.124 e. The largest absolute Gasteiger partial charge is 0.496 e. The summed E-state index contributed by atoms with van der Waals surface area (Å²) in [6, 6.07) is 4.59. The third kappa shape index (κ3) is 3.64. The molecule has 1 fully saturated rings. The average Bonchev–Trinajstić information content (AvgIpc) is 2.38. The van der Waals surface area contributed by atoms with Crippen LogP contribution in [0.4, 0.5) is 0 Å². The Kier molecular flexibility index (Phi) is 6.15. The standard InChI is InChI=1S/C16H25NO.ClH/c1-11-9-14(10-12(2)16(11)18-3)15(17)13-7-5-4-6-8-13;/h9-10,13,15H,4-8,17H2,1-3H3;1H/t15-;/m0./s1. The van der Waals surface area contributed by atoms with Crippen LogP contribution in [0.15, 0.2) is 12.1 Å². The van der Waals surface area contributed by atoms with E-state index in [1.54, 1.807) is 7.11 Å². The lowest BCUT2D eigenvalue weighted by Gasteiger charge is -2.28. The third-order valence-corrected chi connectivity index (χ3v) is 4.23.